The van der Waals surface area contributed by atoms with Crippen molar-refractivity contribution in [3.8, 4) is 28.8 Å². The van der Waals surface area contributed by atoms with E-state index in [0.717, 1.165) is 39.6 Å². The molecule has 1 aliphatic carbocycles. The minimum atomic E-state index is 0.616. The molecule has 0 N–H and O–H groups in total. The molecule has 0 radical (unpaired) electrons. The Hall–Kier alpha value is -3.64. The van der Waals surface area contributed by atoms with Gasteiger partial charge in [-0.1, -0.05) is 42.5 Å². The van der Waals surface area contributed by atoms with Gasteiger partial charge in [-0.15, -0.1) is 0 Å². The van der Waals surface area contributed by atoms with Gasteiger partial charge in [-0.25, -0.2) is 4.98 Å². The fraction of sp³-hybridized carbons (Fsp3) is 0.0833. The Morgan fingerprint density at radius 1 is 1.00 bits per heavy atom. The topological polar surface area (TPSA) is 45.9 Å². The molecule has 3 aromatic rings. The first-order valence-corrected chi connectivity index (χ1v) is 8.87. The molecule has 0 aliphatic heterocycles. The second-order valence-electron chi connectivity index (χ2n) is 6.35. The second-order valence-corrected chi connectivity index (χ2v) is 6.35. The van der Waals surface area contributed by atoms with Gasteiger partial charge in [0.25, 0.3) is 0 Å². The van der Waals surface area contributed by atoms with E-state index in [-0.39, 0.29) is 0 Å². The van der Waals surface area contributed by atoms with Crippen LogP contribution in [0.15, 0.2) is 66.7 Å². The van der Waals surface area contributed by atoms with E-state index in [2.05, 4.69) is 18.2 Å². The van der Waals surface area contributed by atoms with Crippen LogP contribution in [0.25, 0.3) is 23.4 Å². The number of nitriles is 1. The lowest BCUT2D eigenvalue weighted by Gasteiger charge is -2.10. The molecule has 2 aromatic carbocycles. The lowest BCUT2D eigenvalue weighted by molar-refractivity contribution is 0.483. The van der Waals surface area contributed by atoms with Crippen molar-refractivity contribution in [3.63, 3.8) is 0 Å². The molecule has 0 unspecified atom stereocenters. The number of benzene rings is 2. The van der Waals surface area contributed by atoms with Crippen molar-refractivity contribution in [1.82, 2.24) is 4.98 Å². The van der Waals surface area contributed by atoms with Crippen LogP contribution >= 0.6 is 0 Å². The monoisotopic (exact) mass is 350 g/mol. The Bertz CT molecular complexity index is 1170. The van der Waals surface area contributed by atoms with Crippen molar-refractivity contribution in [1.29, 1.82) is 5.26 Å². The number of aromatic nitrogens is 1. The van der Waals surface area contributed by atoms with Gasteiger partial charge in [0.05, 0.1) is 16.6 Å². The molecule has 0 saturated carbocycles. The van der Waals surface area contributed by atoms with E-state index in [1.165, 1.54) is 0 Å². The highest BCUT2D eigenvalue weighted by Gasteiger charge is 2.12. The molecule has 27 heavy (non-hydrogen) atoms. The zero-order valence-electron chi connectivity index (χ0n) is 15.0. The molecular weight excluding hydrogens is 332 g/mol. The molecule has 1 heterocycles. The van der Waals surface area contributed by atoms with Crippen LogP contribution in [0.2, 0.25) is 0 Å². The van der Waals surface area contributed by atoms with Crippen LogP contribution in [-0.4, -0.2) is 4.98 Å². The highest BCUT2D eigenvalue weighted by Crippen LogP contribution is 2.26. The molecule has 0 amide bonds. The van der Waals surface area contributed by atoms with Gasteiger partial charge in [0.15, 0.2) is 0 Å². The number of hydrogen-bond acceptors (Lipinski definition) is 3. The Morgan fingerprint density at radius 3 is 2.48 bits per heavy atom. The molecule has 0 spiro atoms. The SMILES string of the molecule is Cc1c(C#N)c(-c2ccc(Oc3ccccc3)cc2)nc2c1=CC=CCC=2. The largest absolute Gasteiger partial charge is 0.457 e. The zero-order chi connectivity index (χ0) is 18.6. The standard InChI is InChI=1S/C24H18N2O/c1-17-21-10-6-3-7-11-23(21)26-24(22(17)16-25)18-12-14-20(15-13-18)27-19-8-4-2-5-9-19/h2-6,8-15H,7H2,1H3. The summed E-state index contributed by atoms with van der Waals surface area (Å²) in [6, 6.07) is 19.7. The average molecular weight is 350 g/mol. The van der Waals surface area contributed by atoms with Crippen LogP contribution in [0.5, 0.6) is 11.5 Å². The maximum Gasteiger partial charge on any atom is 0.127 e. The second kappa shape index (κ2) is 7.31. The number of pyridine rings is 1. The van der Waals surface area contributed by atoms with Crippen LogP contribution in [0, 0.1) is 18.3 Å². The third-order valence-electron chi connectivity index (χ3n) is 4.59. The van der Waals surface area contributed by atoms with Crippen LogP contribution in [0.4, 0.5) is 0 Å². The van der Waals surface area contributed by atoms with E-state index < -0.39 is 0 Å². The van der Waals surface area contributed by atoms with Crippen molar-refractivity contribution in [2.45, 2.75) is 13.3 Å². The van der Waals surface area contributed by atoms with Crippen molar-refractivity contribution in [3.05, 3.63) is 88.4 Å². The van der Waals surface area contributed by atoms with E-state index in [0.29, 0.717) is 11.3 Å². The maximum absolute atomic E-state index is 9.73. The number of fused-ring (bicyclic) bond motifs is 1. The number of nitrogens with zero attached hydrogens (tertiary/aromatic N) is 2. The first kappa shape index (κ1) is 16.8. The van der Waals surface area contributed by atoms with Crippen LogP contribution in [0.3, 0.4) is 0 Å². The molecule has 0 bridgehead atoms. The molecule has 0 fully saturated rings. The van der Waals surface area contributed by atoms with E-state index in [1.807, 2.05) is 73.7 Å². The van der Waals surface area contributed by atoms with E-state index in [1.54, 1.807) is 0 Å². The summed E-state index contributed by atoms with van der Waals surface area (Å²) in [5, 5.41) is 11.7. The van der Waals surface area contributed by atoms with Gasteiger partial charge >= 0.3 is 0 Å². The molecule has 4 rings (SSSR count). The summed E-state index contributed by atoms with van der Waals surface area (Å²) < 4.78 is 5.85. The molecule has 1 aliphatic rings. The fourth-order valence-electron chi connectivity index (χ4n) is 3.18. The molecular formula is C24H18N2O. The average Bonchev–Trinajstić information content (AvgIpc) is 2.95. The lowest BCUT2D eigenvalue weighted by Crippen LogP contribution is -2.32. The third kappa shape index (κ3) is 3.38. The molecule has 3 nitrogen and oxygen atoms in total. The van der Waals surface area contributed by atoms with Gasteiger partial charge < -0.3 is 4.74 Å². The van der Waals surface area contributed by atoms with Gasteiger partial charge in [-0.05, 0) is 55.3 Å². The summed E-state index contributed by atoms with van der Waals surface area (Å²) in [6.45, 7) is 1.99. The molecule has 0 saturated heterocycles. The van der Waals surface area contributed by atoms with Gasteiger partial charge in [-0.3, -0.25) is 0 Å². The van der Waals surface area contributed by atoms with Crippen LogP contribution in [0.1, 0.15) is 17.5 Å². The highest BCUT2D eigenvalue weighted by molar-refractivity contribution is 5.69. The number of para-hydroxylation sites is 1. The van der Waals surface area contributed by atoms with Gasteiger partial charge in [0.2, 0.25) is 0 Å². The summed E-state index contributed by atoms with van der Waals surface area (Å²) >= 11 is 0. The lowest BCUT2D eigenvalue weighted by atomic mass is 10.0. The summed E-state index contributed by atoms with van der Waals surface area (Å²) in [5.74, 6) is 1.54. The molecule has 3 heteroatoms. The Morgan fingerprint density at radius 2 is 1.74 bits per heavy atom. The number of ether oxygens (including phenoxy) is 1. The minimum absolute atomic E-state index is 0.616. The van der Waals surface area contributed by atoms with E-state index in [4.69, 9.17) is 9.72 Å². The quantitative estimate of drug-likeness (QED) is 0.710. The smallest absolute Gasteiger partial charge is 0.127 e. The number of rotatable bonds is 3. The van der Waals surface area contributed by atoms with Crippen molar-refractivity contribution < 1.29 is 4.74 Å². The zero-order valence-corrected chi connectivity index (χ0v) is 15.0. The Labute approximate surface area is 158 Å². The number of allylic oxidation sites excluding steroid dienone is 2. The van der Waals surface area contributed by atoms with Gasteiger partial charge in [0, 0.05) is 10.8 Å². The van der Waals surface area contributed by atoms with Gasteiger partial charge in [-0.2, -0.15) is 5.26 Å². The molecule has 130 valence electrons. The predicted octanol–water partition coefficient (Wildman–Crippen LogP) is 4.24. The predicted molar refractivity (Wildman–Crippen MR) is 108 cm³/mol. The van der Waals surface area contributed by atoms with Crippen molar-refractivity contribution in [2.24, 2.45) is 0 Å². The Balaban J connectivity index is 1.76. The highest BCUT2D eigenvalue weighted by atomic mass is 16.5. The van der Waals surface area contributed by atoms with Gasteiger partial charge in [0.1, 0.15) is 17.6 Å². The summed E-state index contributed by atoms with van der Waals surface area (Å²) in [6.07, 6.45) is 9.07. The first-order chi connectivity index (χ1) is 13.3. The normalized spacial score (nSPS) is 12.1. The molecule has 1 aromatic heterocycles. The Kier molecular flexibility index (Phi) is 4.55. The minimum Gasteiger partial charge on any atom is -0.457 e. The van der Waals surface area contributed by atoms with Crippen molar-refractivity contribution >= 4 is 12.2 Å². The van der Waals surface area contributed by atoms with E-state index in [9.17, 15) is 5.26 Å². The van der Waals surface area contributed by atoms with E-state index >= 15 is 0 Å². The summed E-state index contributed by atoms with van der Waals surface area (Å²) in [7, 11) is 0. The third-order valence-corrected chi connectivity index (χ3v) is 4.59. The van der Waals surface area contributed by atoms with Crippen LogP contribution < -0.4 is 15.3 Å². The summed E-state index contributed by atoms with van der Waals surface area (Å²) in [4.78, 5) is 4.80. The molecule has 0 atom stereocenters. The maximum atomic E-state index is 9.73. The fourth-order valence-corrected chi connectivity index (χ4v) is 3.18. The van der Waals surface area contributed by atoms with Crippen molar-refractivity contribution in [2.75, 3.05) is 0 Å². The first-order valence-electron chi connectivity index (χ1n) is 8.87. The van der Waals surface area contributed by atoms with Crippen LogP contribution in [-0.2, 0) is 0 Å². The number of hydrogen-bond donors (Lipinski definition) is 0. The summed E-state index contributed by atoms with van der Waals surface area (Å²) in [5.41, 5.74) is 3.20.